The van der Waals surface area contributed by atoms with Crippen LogP contribution in [0.3, 0.4) is 0 Å². The summed E-state index contributed by atoms with van der Waals surface area (Å²) in [6.45, 7) is 0. The molecule has 0 aliphatic heterocycles. The van der Waals surface area contributed by atoms with E-state index < -0.39 is 124 Å². The first-order chi connectivity index (χ1) is 28.6. The fraction of sp³-hybridized carbons (Fsp3) is 0. The summed E-state index contributed by atoms with van der Waals surface area (Å²) >= 11 is 0. The molecule has 0 unspecified atom stereocenters. The van der Waals surface area contributed by atoms with Crippen molar-refractivity contribution in [1.82, 2.24) is 0 Å². The Hall–Kier alpha value is -5.92. The number of furan rings is 1. The molecule has 0 saturated heterocycles. The van der Waals surface area contributed by atoms with Crippen LogP contribution < -0.4 is 0 Å². The molecule has 9 aromatic rings. The Labute approximate surface area is 282 Å². The summed E-state index contributed by atoms with van der Waals surface area (Å²) in [5, 5.41) is 2.24. The van der Waals surface area contributed by atoms with Crippen molar-refractivity contribution in [3.8, 4) is 44.5 Å². The lowest BCUT2D eigenvalue weighted by molar-refractivity contribution is 0.669. The van der Waals surface area contributed by atoms with Gasteiger partial charge in [0.05, 0.1) is 20.6 Å². The van der Waals surface area contributed by atoms with E-state index in [1.165, 1.54) is 0 Å². The molecule has 1 heterocycles. The number of hydrogen-bond donors (Lipinski definition) is 0. The second kappa shape index (κ2) is 10.4. The van der Waals surface area contributed by atoms with Crippen molar-refractivity contribution in [2.24, 2.45) is 0 Å². The van der Waals surface area contributed by atoms with Crippen molar-refractivity contribution in [3.63, 3.8) is 0 Å². The number of hydrogen-bond acceptors (Lipinski definition) is 1. The van der Waals surface area contributed by atoms with Gasteiger partial charge < -0.3 is 4.42 Å². The lowest BCUT2D eigenvalue weighted by Gasteiger charge is -2.18. The molecule has 0 aliphatic rings. The van der Waals surface area contributed by atoms with Gasteiger partial charge in [-0.25, -0.2) is 0 Å². The molecule has 1 nitrogen and oxygen atoms in total. The van der Waals surface area contributed by atoms with Crippen molar-refractivity contribution in [2.45, 2.75) is 0 Å². The molecule has 0 N–H and O–H groups in total. The Morgan fingerprint density at radius 2 is 0.800 bits per heavy atom. The van der Waals surface area contributed by atoms with Crippen molar-refractivity contribution in [2.75, 3.05) is 0 Å². The molecule has 0 bridgehead atoms. The quantitative estimate of drug-likeness (QED) is 0.187. The largest absolute Gasteiger partial charge is 0.456 e. The summed E-state index contributed by atoms with van der Waals surface area (Å²) in [5.41, 5.74) is -0.509. The van der Waals surface area contributed by atoms with Gasteiger partial charge >= 0.3 is 0 Å². The third kappa shape index (κ3) is 4.24. The highest BCUT2D eigenvalue weighted by atomic mass is 16.3. The summed E-state index contributed by atoms with van der Waals surface area (Å²) in [5.74, 6) is 0. The molecule has 0 atom stereocenters. The number of rotatable bonds is 4. The maximum absolute atomic E-state index is 9.76. The minimum absolute atomic E-state index is 0.0440. The first kappa shape index (κ1) is 14.7. The first-order valence-electron chi connectivity index (χ1n) is 21.7. The van der Waals surface area contributed by atoms with Crippen molar-refractivity contribution < 1.29 is 25.0 Å². The lowest BCUT2D eigenvalue weighted by Crippen LogP contribution is -1.91. The third-order valence-electron chi connectivity index (χ3n) is 7.88. The van der Waals surface area contributed by atoms with Gasteiger partial charge in [-0.2, -0.15) is 0 Å². The maximum atomic E-state index is 9.76. The smallest absolute Gasteiger partial charge is 0.135 e. The van der Waals surface area contributed by atoms with Crippen LogP contribution in [0.5, 0.6) is 0 Å². The third-order valence-corrected chi connectivity index (χ3v) is 7.88. The molecule has 0 spiro atoms. The minimum Gasteiger partial charge on any atom is -0.456 e. The molecule has 1 aromatic heterocycles. The monoisotopic (exact) mass is 587 g/mol. The highest BCUT2D eigenvalue weighted by Gasteiger charge is 2.17. The van der Waals surface area contributed by atoms with Gasteiger partial charge in [0.2, 0.25) is 0 Å². The van der Waals surface area contributed by atoms with E-state index in [1.54, 1.807) is 0 Å². The van der Waals surface area contributed by atoms with Crippen molar-refractivity contribution >= 4 is 43.5 Å². The molecule has 0 fully saturated rings. The van der Waals surface area contributed by atoms with Gasteiger partial charge in [-0.1, -0.05) is 139 Å². The Balaban J connectivity index is 1.41. The highest BCUT2D eigenvalue weighted by molar-refractivity contribution is 6.21. The Kier molecular flexibility index (Phi) is 3.39. The zero-order valence-electron chi connectivity index (χ0n) is 38.4. The molecule has 1 heteroatoms. The first-order valence-corrected chi connectivity index (χ1v) is 14.2. The summed E-state index contributed by atoms with van der Waals surface area (Å²) < 4.78 is 139. The van der Waals surface area contributed by atoms with Gasteiger partial charge in [0.1, 0.15) is 11.2 Å². The fourth-order valence-electron chi connectivity index (χ4n) is 5.93. The second-order valence-electron chi connectivity index (χ2n) is 10.5. The van der Waals surface area contributed by atoms with Gasteiger partial charge in [0.15, 0.2) is 0 Å². The average molecular weight is 588 g/mol. The van der Waals surface area contributed by atoms with Crippen molar-refractivity contribution in [3.05, 3.63) is 169 Å². The molecule has 45 heavy (non-hydrogen) atoms. The van der Waals surface area contributed by atoms with Crippen LogP contribution in [-0.2, 0) is 0 Å². The SMILES string of the molecule is [2H]c1c([2H])c([2H])c(-c2c([2H])c([2H])c3oc4c([2H])c([2H])c(-c5c([2H])c([2H])c([2H])c(-c6c7ccccc7c(-c7ccccc7)c7ccccc67)c5[2H])c([2H])c4c3c2[2H])c([2H])c1[2H]. The topological polar surface area (TPSA) is 13.1 Å². The van der Waals surface area contributed by atoms with Crippen LogP contribution in [0.2, 0.25) is 0 Å². The zero-order chi connectivity index (χ0) is 42.8. The van der Waals surface area contributed by atoms with E-state index in [0.29, 0.717) is 16.3 Å². The van der Waals surface area contributed by atoms with E-state index in [4.69, 9.17) is 18.1 Å². The molecule has 8 aromatic carbocycles. The Bertz CT molecular complexity index is 3290. The lowest BCUT2D eigenvalue weighted by atomic mass is 9.85. The number of fused-ring (bicyclic) bond motifs is 5. The molecule has 9 rings (SSSR count). The average Bonchev–Trinajstić information content (AvgIpc) is 3.67. The predicted molar refractivity (Wildman–Crippen MR) is 190 cm³/mol. The highest BCUT2D eigenvalue weighted by Crippen LogP contribution is 2.44. The van der Waals surface area contributed by atoms with E-state index in [0.717, 1.165) is 21.9 Å². The van der Waals surface area contributed by atoms with Crippen LogP contribution in [-0.4, -0.2) is 0 Å². The fourth-order valence-corrected chi connectivity index (χ4v) is 5.93. The van der Waals surface area contributed by atoms with Crippen LogP contribution in [0.4, 0.5) is 0 Å². The normalized spacial score (nSPS) is 16.2. The van der Waals surface area contributed by atoms with Crippen LogP contribution in [0, 0.1) is 0 Å². The van der Waals surface area contributed by atoms with E-state index in [-0.39, 0.29) is 16.3 Å². The molecule has 0 amide bonds. The second-order valence-corrected chi connectivity index (χ2v) is 10.5. The molecule has 0 aliphatic carbocycles. The summed E-state index contributed by atoms with van der Waals surface area (Å²) in [7, 11) is 0. The summed E-state index contributed by atoms with van der Waals surface area (Å²) in [6.07, 6.45) is 0. The summed E-state index contributed by atoms with van der Waals surface area (Å²) in [6, 6.07) is 15.0. The van der Waals surface area contributed by atoms with Gasteiger partial charge in [-0.15, -0.1) is 0 Å². The molecule has 210 valence electrons. The standard InChI is InChI=1S/C44H28O/c1-3-12-29(13-4-1)32-22-24-41-39(27-32)40-28-33(23-25-42(40)45-41)31-16-11-17-34(26-31)44-37-20-9-7-18-35(37)43(30-14-5-2-6-15-30)36-19-8-10-21-38(36)44/h1-28H/i1D,3D,4D,11D,12D,13D,16D,17D,22D,23D,24D,25D,26D,27D,28D. The predicted octanol–water partition coefficient (Wildman–Crippen LogP) is 12.6. The number of benzene rings is 8. The Morgan fingerprint density at radius 3 is 1.40 bits per heavy atom. The maximum Gasteiger partial charge on any atom is 0.135 e. The van der Waals surface area contributed by atoms with Crippen LogP contribution >= 0.6 is 0 Å². The molecular weight excluding hydrogens is 544 g/mol. The van der Waals surface area contributed by atoms with Gasteiger partial charge in [0.25, 0.3) is 0 Å². The van der Waals surface area contributed by atoms with Crippen molar-refractivity contribution in [1.29, 1.82) is 0 Å². The van der Waals surface area contributed by atoms with Gasteiger partial charge in [-0.05, 0) is 96.3 Å². The summed E-state index contributed by atoms with van der Waals surface area (Å²) in [4.78, 5) is 0. The molecule has 0 radical (unpaired) electrons. The minimum atomic E-state index is -0.731. The van der Waals surface area contributed by atoms with Gasteiger partial charge in [0, 0.05) is 10.8 Å². The zero-order valence-corrected chi connectivity index (χ0v) is 23.4. The van der Waals surface area contributed by atoms with Crippen LogP contribution in [0.1, 0.15) is 20.6 Å². The van der Waals surface area contributed by atoms with Crippen LogP contribution in [0.25, 0.3) is 88.0 Å². The van der Waals surface area contributed by atoms with Crippen LogP contribution in [0.15, 0.2) is 174 Å². The molecule has 0 saturated carbocycles. The van der Waals surface area contributed by atoms with E-state index in [2.05, 4.69) is 0 Å². The Morgan fingerprint density at radius 1 is 0.333 bits per heavy atom. The van der Waals surface area contributed by atoms with E-state index >= 15 is 0 Å². The van der Waals surface area contributed by atoms with Gasteiger partial charge in [-0.3, -0.25) is 0 Å². The molecular formula is C44H28O. The van der Waals surface area contributed by atoms with E-state index in [1.807, 2.05) is 78.9 Å². The van der Waals surface area contributed by atoms with E-state index in [9.17, 15) is 6.85 Å².